The number of benzene rings is 1. The predicted octanol–water partition coefficient (Wildman–Crippen LogP) is 2.34. The van der Waals surface area contributed by atoms with Crippen LogP contribution in [0.3, 0.4) is 0 Å². The Morgan fingerprint density at radius 1 is 1.34 bits per heavy atom. The Hall–Kier alpha value is -2.28. The Morgan fingerprint density at radius 3 is 2.83 bits per heavy atom. The van der Waals surface area contributed by atoms with E-state index < -0.39 is 0 Å². The Morgan fingerprint density at radius 2 is 2.14 bits per heavy atom. The first kappa shape index (κ1) is 21.4. The summed E-state index contributed by atoms with van der Waals surface area (Å²) in [7, 11) is 5.26. The van der Waals surface area contributed by atoms with Gasteiger partial charge in [-0.25, -0.2) is 4.99 Å². The quantitative estimate of drug-likeness (QED) is 0.516. The molecule has 0 spiro atoms. The highest BCUT2D eigenvalue weighted by atomic mass is 16.5. The summed E-state index contributed by atoms with van der Waals surface area (Å²) in [5.74, 6) is 1.58. The van der Waals surface area contributed by atoms with E-state index in [0.29, 0.717) is 12.6 Å². The van der Waals surface area contributed by atoms with Crippen molar-refractivity contribution < 1.29 is 14.3 Å². The molecule has 160 valence electrons. The lowest BCUT2D eigenvalue weighted by molar-refractivity contribution is -0.127. The summed E-state index contributed by atoms with van der Waals surface area (Å²) in [6.07, 6.45) is 5.56. The van der Waals surface area contributed by atoms with Crippen molar-refractivity contribution in [2.45, 2.75) is 38.1 Å². The maximum atomic E-state index is 12.1. The Balaban J connectivity index is 1.70. The first-order valence-electron chi connectivity index (χ1n) is 10.5. The number of amides is 1. The first-order valence-corrected chi connectivity index (χ1v) is 10.5. The van der Waals surface area contributed by atoms with Crippen molar-refractivity contribution in [3.8, 4) is 5.75 Å². The largest absolute Gasteiger partial charge is 0.493 e. The molecule has 1 saturated carbocycles. The number of guanidine groups is 1. The fourth-order valence-corrected chi connectivity index (χ4v) is 3.88. The van der Waals surface area contributed by atoms with Gasteiger partial charge in [0.1, 0.15) is 12.3 Å². The van der Waals surface area contributed by atoms with Gasteiger partial charge in [-0.3, -0.25) is 4.79 Å². The number of rotatable bonds is 8. The van der Waals surface area contributed by atoms with Gasteiger partial charge in [-0.2, -0.15) is 0 Å². The molecule has 7 nitrogen and oxygen atoms in total. The topological polar surface area (TPSA) is 75.2 Å². The van der Waals surface area contributed by atoms with Crippen molar-refractivity contribution in [3.63, 3.8) is 0 Å². The number of methoxy groups -OCH3 is 1. The molecule has 1 aromatic carbocycles. The highest BCUT2D eigenvalue weighted by Crippen LogP contribution is 2.43. The van der Waals surface area contributed by atoms with E-state index in [-0.39, 0.29) is 23.9 Å². The van der Waals surface area contributed by atoms with Crippen molar-refractivity contribution in [2.24, 2.45) is 10.4 Å². The second-order valence-corrected chi connectivity index (χ2v) is 8.27. The van der Waals surface area contributed by atoms with Crippen LogP contribution in [0.5, 0.6) is 5.75 Å². The third kappa shape index (κ3) is 5.63. The summed E-state index contributed by atoms with van der Waals surface area (Å²) in [6, 6.07) is 8.20. The van der Waals surface area contributed by atoms with E-state index in [1.807, 2.05) is 18.2 Å². The van der Waals surface area contributed by atoms with Crippen LogP contribution in [-0.2, 0) is 9.53 Å². The number of para-hydroxylation sites is 1. The molecular weight excluding hydrogens is 368 g/mol. The molecule has 0 radical (unpaired) electrons. The predicted molar refractivity (Wildman–Crippen MR) is 114 cm³/mol. The molecule has 1 aromatic rings. The number of aliphatic imine (C=N–C) groups is 1. The summed E-state index contributed by atoms with van der Waals surface area (Å²) < 4.78 is 11.1. The van der Waals surface area contributed by atoms with Crippen molar-refractivity contribution in [1.29, 1.82) is 0 Å². The fraction of sp³-hybridized carbons (Fsp3) is 0.636. The van der Waals surface area contributed by atoms with Crippen molar-refractivity contribution >= 4 is 11.9 Å². The number of hydrogen-bond donors (Lipinski definition) is 2. The van der Waals surface area contributed by atoms with Gasteiger partial charge in [-0.05, 0) is 30.7 Å². The molecule has 2 N–H and O–H groups in total. The molecule has 7 heteroatoms. The zero-order valence-electron chi connectivity index (χ0n) is 17.9. The fourth-order valence-electron chi connectivity index (χ4n) is 3.88. The molecule has 1 atom stereocenters. The van der Waals surface area contributed by atoms with Crippen LogP contribution in [-0.4, -0.2) is 64.3 Å². The lowest BCUT2D eigenvalue weighted by Crippen LogP contribution is -2.48. The Labute approximate surface area is 173 Å². The summed E-state index contributed by atoms with van der Waals surface area (Å²) >= 11 is 0. The van der Waals surface area contributed by atoms with Gasteiger partial charge < -0.3 is 25.0 Å². The normalized spacial score (nSPS) is 20.1. The molecule has 1 heterocycles. The van der Waals surface area contributed by atoms with Gasteiger partial charge in [0, 0.05) is 46.3 Å². The van der Waals surface area contributed by atoms with Crippen LogP contribution in [0.15, 0.2) is 29.3 Å². The lowest BCUT2D eigenvalue weighted by Gasteiger charge is -2.42. The van der Waals surface area contributed by atoms with E-state index in [1.54, 1.807) is 26.1 Å². The van der Waals surface area contributed by atoms with Crippen LogP contribution < -0.4 is 15.4 Å². The number of nitrogens with one attached hydrogen (secondary N) is 2. The van der Waals surface area contributed by atoms with Crippen LogP contribution in [0.2, 0.25) is 0 Å². The summed E-state index contributed by atoms with van der Waals surface area (Å²) in [4.78, 5) is 18.2. The minimum Gasteiger partial charge on any atom is -0.493 e. The van der Waals surface area contributed by atoms with E-state index in [2.05, 4.69) is 21.7 Å². The van der Waals surface area contributed by atoms with Gasteiger partial charge in [0.2, 0.25) is 5.91 Å². The van der Waals surface area contributed by atoms with Gasteiger partial charge in [0.25, 0.3) is 0 Å². The number of likely N-dealkylation sites (N-methyl/N-ethyl adjacent to an activating group) is 1. The monoisotopic (exact) mass is 402 g/mol. The SMILES string of the molecule is COCCC1(CNC(=NCC(=O)N(C)C)NC2CCOc3ccccc32)CCC1. The smallest absolute Gasteiger partial charge is 0.243 e. The zero-order chi connectivity index (χ0) is 20.7. The Kier molecular flexibility index (Phi) is 7.36. The number of nitrogens with zero attached hydrogens (tertiary/aromatic N) is 2. The van der Waals surface area contributed by atoms with Crippen molar-refractivity contribution in [1.82, 2.24) is 15.5 Å². The van der Waals surface area contributed by atoms with Crippen LogP contribution in [0.1, 0.15) is 43.7 Å². The maximum absolute atomic E-state index is 12.1. The summed E-state index contributed by atoms with van der Waals surface area (Å²) in [5.41, 5.74) is 1.39. The minimum absolute atomic E-state index is 0.0174. The number of ether oxygens (including phenoxy) is 2. The van der Waals surface area contributed by atoms with E-state index in [0.717, 1.165) is 37.3 Å². The lowest BCUT2D eigenvalue weighted by atomic mass is 9.67. The molecule has 0 saturated heterocycles. The van der Waals surface area contributed by atoms with Crippen molar-refractivity contribution in [3.05, 3.63) is 29.8 Å². The third-order valence-electron chi connectivity index (χ3n) is 6.02. The average molecular weight is 403 g/mol. The number of hydrogen-bond acceptors (Lipinski definition) is 4. The van der Waals surface area contributed by atoms with Gasteiger partial charge in [0.15, 0.2) is 5.96 Å². The molecule has 1 fully saturated rings. The third-order valence-corrected chi connectivity index (χ3v) is 6.02. The van der Waals surface area contributed by atoms with E-state index >= 15 is 0 Å². The molecule has 1 unspecified atom stereocenters. The number of carbonyl (C=O) groups excluding carboxylic acids is 1. The molecule has 1 amide bonds. The van der Waals surface area contributed by atoms with E-state index in [4.69, 9.17) is 9.47 Å². The van der Waals surface area contributed by atoms with Gasteiger partial charge >= 0.3 is 0 Å². The molecule has 1 aliphatic carbocycles. The summed E-state index contributed by atoms with van der Waals surface area (Å²) in [6.45, 7) is 2.39. The average Bonchev–Trinajstić information content (AvgIpc) is 2.70. The van der Waals surface area contributed by atoms with Gasteiger partial charge in [-0.15, -0.1) is 0 Å². The molecular formula is C22H34N4O3. The van der Waals surface area contributed by atoms with Gasteiger partial charge in [0.05, 0.1) is 12.6 Å². The van der Waals surface area contributed by atoms with E-state index in [1.165, 1.54) is 19.3 Å². The van der Waals surface area contributed by atoms with Crippen LogP contribution >= 0.6 is 0 Å². The zero-order valence-corrected chi connectivity index (χ0v) is 17.9. The highest BCUT2D eigenvalue weighted by molar-refractivity contribution is 5.85. The number of carbonyl (C=O) groups is 1. The maximum Gasteiger partial charge on any atom is 0.243 e. The van der Waals surface area contributed by atoms with Crippen LogP contribution in [0.4, 0.5) is 0 Å². The highest BCUT2D eigenvalue weighted by Gasteiger charge is 2.36. The molecule has 29 heavy (non-hydrogen) atoms. The number of fused-ring (bicyclic) bond motifs is 1. The molecule has 0 bridgehead atoms. The summed E-state index contributed by atoms with van der Waals surface area (Å²) in [5, 5.41) is 7.06. The van der Waals surface area contributed by atoms with E-state index in [9.17, 15) is 4.79 Å². The minimum atomic E-state index is -0.0174. The molecule has 0 aromatic heterocycles. The van der Waals surface area contributed by atoms with Crippen molar-refractivity contribution in [2.75, 3.05) is 47.5 Å². The molecule has 1 aliphatic heterocycles. The van der Waals surface area contributed by atoms with Crippen LogP contribution in [0, 0.1) is 5.41 Å². The first-order chi connectivity index (χ1) is 14.0. The van der Waals surface area contributed by atoms with Gasteiger partial charge in [-0.1, -0.05) is 24.6 Å². The second kappa shape index (κ2) is 9.96. The van der Waals surface area contributed by atoms with Crippen LogP contribution in [0.25, 0.3) is 0 Å². The Bertz CT molecular complexity index is 716. The molecule has 3 rings (SSSR count). The standard InChI is InChI=1S/C22H34N4O3/c1-26(2)20(27)15-23-21(24-16-22(10-6-11-22)12-14-28-3)25-18-9-13-29-19-8-5-4-7-17(18)19/h4-5,7-8,18H,6,9-16H2,1-3H3,(H2,23,24,25). The molecule has 2 aliphatic rings. The second-order valence-electron chi connectivity index (χ2n) is 8.27.